The summed E-state index contributed by atoms with van der Waals surface area (Å²) in [6, 6.07) is 3.99. The van der Waals surface area contributed by atoms with E-state index in [4.69, 9.17) is 4.74 Å². The molecule has 3 rings (SSSR count). The van der Waals surface area contributed by atoms with Gasteiger partial charge in [0.25, 0.3) is 0 Å². The maximum absolute atomic E-state index is 11.3. The summed E-state index contributed by atoms with van der Waals surface area (Å²) < 4.78 is 6.11. The van der Waals surface area contributed by atoms with Crippen LogP contribution in [-0.2, 0) is 4.79 Å². The first-order valence-electron chi connectivity index (χ1n) is 7.00. The molecule has 1 aliphatic rings. The van der Waals surface area contributed by atoms with Gasteiger partial charge in [0, 0.05) is 43.8 Å². The van der Waals surface area contributed by atoms with Gasteiger partial charge in [0.2, 0.25) is 5.91 Å². The summed E-state index contributed by atoms with van der Waals surface area (Å²) in [5, 5.41) is 8.12. The number of piperidine rings is 1. The van der Waals surface area contributed by atoms with Gasteiger partial charge >= 0.3 is 0 Å². The van der Waals surface area contributed by atoms with Gasteiger partial charge in [0.15, 0.2) is 0 Å². The number of rotatable bonds is 2. The summed E-state index contributed by atoms with van der Waals surface area (Å²) in [5.74, 6) is 1.07. The van der Waals surface area contributed by atoms with Crippen LogP contribution < -0.4 is 4.74 Å². The van der Waals surface area contributed by atoms with Crippen LogP contribution in [0, 0.1) is 6.92 Å². The van der Waals surface area contributed by atoms with E-state index in [1.54, 1.807) is 6.92 Å². The predicted octanol–water partition coefficient (Wildman–Crippen LogP) is 2.26. The number of hydrogen-bond donors (Lipinski definition) is 1. The molecule has 1 fully saturated rings. The normalized spacial score (nSPS) is 16.6. The van der Waals surface area contributed by atoms with Gasteiger partial charge in [-0.15, -0.1) is 0 Å². The number of nitrogens with zero attached hydrogens (tertiary/aromatic N) is 2. The van der Waals surface area contributed by atoms with Crippen LogP contribution in [0.2, 0.25) is 0 Å². The molecule has 0 atom stereocenters. The van der Waals surface area contributed by atoms with Gasteiger partial charge in [0.1, 0.15) is 11.9 Å². The molecule has 1 amide bonds. The molecule has 0 saturated carbocycles. The molecule has 1 N–H and O–H groups in total. The number of aromatic nitrogens is 2. The van der Waals surface area contributed by atoms with Crippen molar-refractivity contribution in [1.82, 2.24) is 15.1 Å². The summed E-state index contributed by atoms with van der Waals surface area (Å²) in [6.45, 7) is 5.25. The number of H-pyrrole nitrogens is 1. The molecule has 5 heteroatoms. The number of benzene rings is 1. The van der Waals surface area contributed by atoms with E-state index in [9.17, 15) is 4.79 Å². The van der Waals surface area contributed by atoms with Gasteiger partial charge < -0.3 is 9.64 Å². The molecule has 2 heterocycles. The quantitative estimate of drug-likeness (QED) is 0.913. The smallest absolute Gasteiger partial charge is 0.219 e. The van der Waals surface area contributed by atoms with Crippen LogP contribution in [0.3, 0.4) is 0 Å². The Kier molecular flexibility index (Phi) is 3.34. The van der Waals surface area contributed by atoms with Crippen molar-refractivity contribution in [3.8, 4) is 5.75 Å². The van der Waals surface area contributed by atoms with Crippen molar-refractivity contribution in [3.05, 3.63) is 23.9 Å². The summed E-state index contributed by atoms with van der Waals surface area (Å²) in [4.78, 5) is 13.2. The second-order valence-electron chi connectivity index (χ2n) is 5.34. The first kappa shape index (κ1) is 13.0. The number of hydrogen-bond acceptors (Lipinski definition) is 3. The highest BCUT2D eigenvalue weighted by Gasteiger charge is 2.22. The van der Waals surface area contributed by atoms with Crippen molar-refractivity contribution < 1.29 is 9.53 Å². The fraction of sp³-hybridized carbons (Fsp3) is 0.467. The van der Waals surface area contributed by atoms with Crippen LogP contribution in [0.25, 0.3) is 10.9 Å². The van der Waals surface area contributed by atoms with Gasteiger partial charge in [-0.05, 0) is 19.1 Å². The van der Waals surface area contributed by atoms with Gasteiger partial charge in [-0.1, -0.05) is 0 Å². The third-order valence-corrected chi connectivity index (χ3v) is 4.02. The second kappa shape index (κ2) is 5.15. The van der Waals surface area contributed by atoms with Gasteiger partial charge in [0.05, 0.1) is 11.7 Å². The summed E-state index contributed by atoms with van der Waals surface area (Å²) in [7, 11) is 0. The fourth-order valence-corrected chi connectivity index (χ4v) is 2.73. The Balaban J connectivity index is 1.71. The molecule has 0 spiro atoms. The Labute approximate surface area is 117 Å². The zero-order valence-corrected chi connectivity index (χ0v) is 11.8. The van der Waals surface area contributed by atoms with Gasteiger partial charge in [-0.25, -0.2) is 0 Å². The fourth-order valence-electron chi connectivity index (χ4n) is 2.73. The SMILES string of the molecule is CC(=O)N1CCC(Oc2ccc3[nH]ncc3c2C)CC1. The zero-order chi connectivity index (χ0) is 14.1. The topological polar surface area (TPSA) is 58.2 Å². The lowest BCUT2D eigenvalue weighted by Gasteiger charge is -2.31. The molecule has 20 heavy (non-hydrogen) atoms. The first-order valence-corrected chi connectivity index (χ1v) is 7.00. The highest BCUT2D eigenvalue weighted by atomic mass is 16.5. The molecule has 0 bridgehead atoms. The monoisotopic (exact) mass is 273 g/mol. The number of aryl methyl sites for hydroxylation is 1. The van der Waals surface area contributed by atoms with E-state index in [2.05, 4.69) is 17.1 Å². The highest BCUT2D eigenvalue weighted by molar-refractivity contribution is 5.83. The Morgan fingerprint density at radius 1 is 1.40 bits per heavy atom. The van der Waals surface area contributed by atoms with Crippen LogP contribution >= 0.6 is 0 Å². The molecule has 0 radical (unpaired) electrons. The molecular weight excluding hydrogens is 254 g/mol. The molecule has 2 aromatic rings. The van der Waals surface area contributed by atoms with Crippen molar-refractivity contribution in [2.45, 2.75) is 32.8 Å². The maximum atomic E-state index is 11.3. The van der Waals surface area contributed by atoms with Crippen molar-refractivity contribution in [2.24, 2.45) is 0 Å². The summed E-state index contributed by atoms with van der Waals surface area (Å²) in [5.41, 5.74) is 2.14. The summed E-state index contributed by atoms with van der Waals surface area (Å²) in [6.07, 6.45) is 3.80. The van der Waals surface area contributed by atoms with Crippen molar-refractivity contribution in [2.75, 3.05) is 13.1 Å². The average molecular weight is 273 g/mol. The minimum atomic E-state index is 0.152. The third-order valence-electron chi connectivity index (χ3n) is 4.02. The molecule has 1 saturated heterocycles. The Morgan fingerprint density at radius 2 is 2.15 bits per heavy atom. The van der Waals surface area contributed by atoms with E-state index in [-0.39, 0.29) is 12.0 Å². The minimum absolute atomic E-state index is 0.152. The van der Waals surface area contributed by atoms with Crippen LogP contribution in [0.15, 0.2) is 18.3 Å². The number of likely N-dealkylation sites (tertiary alicyclic amines) is 1. The number of carbonyl (C=O) groups is 1. The molecule has 1 aromatic heterocycles. The number of aromatic amines is 1. The number of ether oxygens (including phenoxy) is 1. The van der Waals surface area contributed by atoms with Crippen LogP contribution in [0.4, 0.5) is 0 Å². The van der Waals surface area contributed by atoms with E-state index in [1.165, 1.54) is 0 Å². The molecule has 1 aliphatic heterocycles. The average Bonchev–Trinajstić information content (AvgIpc) is 2.92. The van der Waals surface area contributed by atoms with E-state index in [0.717, 1.165) is 48.1 Å². The van der Waals surface area contributed by atoms with Crippen LogP contribution in [0.1, 0.15) is 25.3 Å². The Hall–Kier alpha value is -2.04. The van der Waals surface area contributed by atoms with Crippen molar-refractivity contribution in [3.63, 3.8) is 0 Å². The van der Waals surface area contributed by atoms with E-state index < -0.39 is 0 Å². The van der Waals surface area contributed by atoms with E-state index >= 15 is 0 Å². The largest absolute Gasteiger partial charge is 0.490 e. The Bertz CT molecular complexity index is 627. The van der Waals surface area contributed by atoms with Crippen molar-refractivity contribution in [1.29, 1.82) is 0 Å². The second-order valence-corrected chi connectivity index (χ2v) is 5.34. The molecule has 5 nitrogen and oxygen atoms in total. The number of fused-ring (bicyclic) bond motifs is 1. The highest BCUT2D eigenvalue weighted by Crippen LogP contribution is 2.28. The number of carbonyl (C=O) groups excluding carboxylic acids is 1. The minimum Gasteiger partial charge on any atom is -0.490 e. The first-order chi connectivity index (χ1) is 9.65. The van der Waals surface area contributed by atoms with Crippen LogP contribution in [0.5, 0.6) is 5.75 Å². The lowest BCUT2D eigenvalue weighted by Crippen LogP contribution is -2.40. The van der Waals surface area contributed by atoms with Crippen molar-refractivity contribution >= 4 is 16.8 Å². The molecule has 0 unspecified atom stereocenters. The number of amides is 1. The van der Waals surface area contributed by atoms with Crippen LogP contribution in [-0.4, -0.2) is 40.2 Å². The maximum Gasteiger partial charge on any atom is 0.219 e. The zero-order valence-electron chi connectivity index (χ0n) is 11.8. The molecule has 0 aliphatic carbocycles. The van der Waals surface area contributed by atoms with Gasteiger partial charge in [-0.2, -0.15) is 5.10 Å². The third kappa shape index (κ3) is 2.35. The number of nitrogens with one attached hydrogen (secondary N) is 1. The standard InChI is InChI=1S/C15H19N3O2/c1-10-13-9-16-17-14(13)3-4-15(10)20-12-5-7-18(8-6-12)11(2)19/h3-4,9,12H,5-8H2,1-2H3,(H,16,17). The lowest BCUT2D eigenvalue weighted by molar-refractivity contribution is -0.130. The Morgan fingerprint density at radius 3 is 2.85 bits per heavy atom. The van der Waals surface area contributed by atoms with E-state index in [1.807, 2.05) is 23.2 Å². The molecule has 106 valence electrons. The van der Waals surface area contributed by atoms with E-state index in [0.29, 0.717) is 0 Å². The lowest BCUT2D eigenvalue weighted by atomic mass is 10.1. The summed E-state index contributed by atoms with van der Waals surface area (Å²) >= 11 is 0. The predicted molar refractivity (Wildman–Crippen MR) is 76.7 cm³/mol. The van der Waals surface area contributed by atoms with Gasteiger partial charge in [-0.3, -0.25) is 9.89 Å². The molecule has 1 aromatic carbocycles. The molecular formula is C15H19N3O2.